The second-order valence-corrected chi connectivity index (χ2v) is 3.42. The minimum absolute atomic E-state index is 0.0402. The Morgan fingerprint density at radius 1 is 1.64 bits per heavy atom. The molecule has 0 fully saturated rings. The quantitative estimate of drug-likeness (QED) is 0.629. The topological polar surface area (TPSA) is 45.8 Å². The first-order valence-corrected chi connectivity index (χ1v) is 4.02. The summed E-state index contributed by atoms with van der Waals surface area (Å²) in [7, 11) is 0. The number of thiazole rings is 1. The zero-order valence-corrected chi connectivity index (χ0v) is 7.23. The maximum absolute atomic E-state index is 11.1. The fourth-order valence-corrected chi connectivity index (χ4v) is 1.67. The van der Waals surface area contributed by atoms with Gasteiger partial charge in [-0.3, -0.25) is 9.36 Å². The summed E-state index contributed by atoms with van der Waals surface area (Å²) in [6.07, 6.45) is 0. The summed E-state index contributed by atoms with van der Waals surface area (Å²) in [4.78, 5) is 12.0. The standard InChI is InChI=1S/C7H8N2OS/c1-5-6(2)11-7(10)9(5)4-3-8/h4H2,1-2H3. The normalized spacial score (nSPS) is 9.55. The van der Waals surface area contributed by atoms with Crippen molar-refractivity contribution in [2.45, 2.75) is 20.4 Å². The third kappa shape index (κ3) is 1.33. The lowest BCUT2D eigenvalue weighted by molar-refractivity contribution is 0.779. The number of aromatic nitrogens is 1. The van der Waals surface area contributed by atoms with Gasteiger partial charge in [0.15, 0.2) is 0 Å². The van der Waals surface area contributed by atoms with E-state index in [9.17, 15) is 4.79 Å². The number of aryl methyl sites for hydroxylation is 1. The SMILES string of the molecule is Cc1sc(=O)n(CC#N)c1C. The summed E-state index contributed by atoms with van der Waals surface area (Å²) in [6, 6.07) is 1.95. The van der Waals surface area contributed by atoms with Crippen LogP contribution in [-0.4, -0.2) is 4.57 Å². The van der Waals surface area contributed by atoms with Gasteiger partial charge in [-0.25, -0.2) is 0 Å². The summed E-state index contributed by atoms with van der Waals surface area (Å²) >= 11 is 1.19. The molecule has 3 nitrogen and oxygen atoms in total. The fraction of sp³-hybridized carbons (Fsp3) is 0.429. The van der Waals surface area contributed by atoms with Crippen LogP contribution in [0.15, 0.2) is 4.79 Å². The Morgan fingerprint density at radius 3 is 2.64 bits per heavy atom. The monoisotopic (exact) mass is 168 g/mol. The minimum Gasteiger partial charge on any atom is -0.289 e. The van der Waals surface area contributed by atoms with Crippen LogP contribution in [0.4, 0.5) is 0 Å². The molecule has 0 bridgehead atoms. The zero-order chi connectivity index (χ0) is 8.43. The second-order valence-electron chi connectivity index (χ2n) is 2.25. The van der Waals surface area contributed by atoms with Gasteiger partial charge < -0.3 is 0 Å². The highest BCUT2D eigenvalue weighted by Gasteiger charge is 2.05. The molecule has 0 unspecified atom stereocenters. The van der Waals surface area contributed by atoms with Crippen molar-refractivity contribution in [2.24, 2.45) is 0 Å². The number of hydrogen-bond donors (Lipinski definition) is 0. The molecular formula is C7H8N2OS. The van der Waals surface area contributed by atoms with Crippen molar-refractivity contribution in [2.75, 3.05) is 0 Å². The highest BCUT2D eigenvalue weighted by Crippen LogP contribution is 2.08. The maximum Gasteiger partial charge on any atom is 0.308 e. The zero-order valence-electron chi connectivity index (χ0n) is 6.42. The highest BCUT2D eigenvalue weighted by atomic mass is 32.1. The van der Waals surface area contributed by atoms with Crippen molar-refractivity contribution in [3.8, 4) is 6.07 Å². The Labute approximate surface area is 68.5 Å². The first-order chi connectivity index (χ1) is 5.16. The summed E-state index contributed by atoms with van der Waals surface area (Å²) in [5, 5.41) is 8.37. The van der Waals surface area contributed by atoms with Crippen molar-refractivity contribution in [3.05, 3.63) is 20.2 Å². The van der Waals surface area contributed by atoms with Gasteiger partial charge in [-0.05, 0) is 13.8 Å². The molecule has 0 aliphatic heterocycles. The fourth-order valence-electron chi connectivity index (χ4n) is 0.841. The van der Waals surface area contributed by atoms with Crippen molar-refractivity contribution in [3.63, 3.8) is 0 Å². The Hall–Kier alpha value is -1.08. The van der Waals surface area contributed by atoms with Crippen molar-refractivity contribution in [1.82, 2.24) is 4.57 Å². The molecule has 1 aromatic rings. The Bertz CT molecular complexity index is 355. The van der Waals surface area contributed by atoms with E-state index in [0.29, 0.717) is 0 Å². The van der Waals surface area contributed by atoms with E-state index in [0.717, 1.165) is 10.6 Å². The van der Waals surface area contributed by atoms with Crippen LogP contribution in [0.1, 0.15) is 10.6 Å². The van der Waals surface area contributed by atoms with E-state index in [1.807, 2.05) is 19.9 Å². The van der Waals surface area contributed by atoms with E-state index in [1.165, 1.54) is 15.9 Å². The third-order valence-electron chi connectivity index (χ3n) is 1.60. The predicted molar refractivity (Wildman–Crippen MR) is 43.7 cm³/mol. The van der Waals surface area contributed by atoms with Crippen LogP contribution < -0.4 is 4.87 Å². The first kappa shape index (κ1) is 8.02. The minimum atomic E-state index is -0.0402. The van der Waals surface area contributed by atoms with Crippen LogP contribution in [0.3, 0.4) is 0 Å². The van der Waals surface area contributed by atoms with Gasteiger partial charge in [-0.1, -0.05) is 11.3 Å². The summed E-state index contributed by atoms with van der Waals surface area (Å²) < 4.78 is 1.49. The molecule has 0 spiro atoms. The Balaban J connectivity index is 3.25. The highest BCUT2D eigenvalue weighted by molar-refractivity contribution is 7.09. The van der Waals surface area contributed by atoms with Gasteiger partial charge in [0.2, 0.25) is 0 Å². The van der Waals surface area contributed by atoms with Gasteiger partial charge in [-0.15, -0.1) is 0 Å². The first-order valence-electron chi connectivity index (χ1n) is 3.20. The van der Waals surface area contributed by atoms with Crippen LogP contribution in [0.25, 0.3) is 0 Å². The number of rotatable bonds is 1. The molecule has 1 aromatic heterocycles. The maximum atomic E-state index is 11.1. The molecule has 0 aromatic carbocycles. The Morgan fingerprint density at radius 2 is 2.27 bits per heavy atom. The summed E-state index contributed by atoms with van der Waals surface area (Å²) in [5.74, 6) is 0. The molecule has 1 rings (SSSR count). The van der Waals surface area contributed by atoms with Gasteiger partial charge in [0, 0.05) is 10.6 Å². The average Bonchev–Trinajstić information content (AvgIpc) is 2.17. The van der Waals surface area contributed by atoms with Crippen LogP contribution in [0.5, 0.6) is 0 Å². The van der Waals surface area contributed by atoms with E-state index < -0.39 is 0 Å². The lowest BCUT2D eigenvalue weighted by Gasteiger charge is -1.95. The third-order valence-corrected chi connectivity index (χ3v) is 2.60. The molecule has 58 valence electrons. The predicted octanol–water partition coefficient (Wildman–Crippen LogP) is 1.05. The molecule has 0 N–H and O–H groups in total. The van der Waals surface area contributed by atoms with Gasteiger partial charge >= 0.3 is 4.87 Å². The number of nitriles is 1. The van der Waals surface area contributed by atoms with Crippen molar-refractivity contribution in [1.29, 1.82) is 5.26 Å². The Kier molecular flexibility index (Phi) is 2.11. The number of hydrogen-bond acceptors (Lipinski definition) is 3. The van der Waals surface area contributed by atoms with Gasteiger partial charge in [-0.2, -0.15) is 5.26 Å². The van der Waals surface area contributed by atoms with Crippen LogP contribution in [0.2, 0.25) is 0 Å². The molecule has 0 aliphatic carbocycles. The van der Waals surface area contributed by atoms with Gasteiger partial charge in [0.1, 0.15) is 6.54 Å². The lowest BCUT2D eigenvalue weighted by Crippen LogP contribution is -2.13. The molecule has 11 heavy (non-hydrogen) atoms. The molecule has 1 heterocycles. The molecule has 0 saturated carbocycles. The van der Waals surface area contributed by atoms with E-state index in [2.05, 4.69) is 0 Å². The van der Waals surface area contributed by atoms with Crippen molar-refractivity contribution < 1.29 is 0 Å². The summed E-state index contributed by atoms with van der Waals surface area (Å²) in [6.45, 7) is 3.90. The van der Waals surface area contributed by atoms with E-state index >= 15 is 0 Å². The molecule has 0 saturated heterocycles. The number of nitrogens with zero attached hydrogens (tertiary/aromatic N) is 2. The van der Waals surface area contributed by atoms with E-state index in [-0.39, 0.29) is 11.4 Å². The van der Waals surface area contributed by atoms with E-state index in [1.54, 1.807) is 0 Å². The molecule has 0 aliphatic rings. The van der Waals surface area contributed by atoms with Crippen LogP contribution in [-0.2, 0) is 6.54 Å². The molecule has 0 atom stereocenters. The molecule has 4 heteroatoms. The molecule has 0 amide bonds. The second kappa shape index (κ2) is 2.89. The molecule has 0 radical (unpaired) electrons. The van der Waals surface area contributed by atoms with Gasteiger partial charge in [0.25, 0.3) is 0 Å². The molecular weight excluding hydrogens is 160 g/mol. The van der Waals surface area contributed by atoms with Gasteiger partial charge in [0.05, 0.1) is 6.07 Å². The smallest absolute Gasteiger partial charge is 0.289 e. The average molecular weight is 168 g/mol. The van der Waals surface area contributed by atoms with Crippen LogP contribution in [0, 0.1) is 25.2 Å². The van der Waals surface area contributed by atoms with Crippen LogP contribution >= 0.6 is 11.3 Å². The van der Waals surface area contributed by atoms with Crippen molar-refractivity contribution >= 4 is 11.3 Å². The lowest BCUT2D eigenvalue weighted by atomic mass is 10.4. The van der Waals surface area contributed by atoms with E-state index in [4.69, 9.17) is 5.26 Å². The summed E-state index contributed by atoms with van der Waals surface area (Å²) in [5.41, 5.74) is 0.904. The largest absolute Gasteiger partial charge is 0.308 e.